The van der Waals surface area contributed by atoms with Crippen molar-refractivity contribution in [1.29, 1.82) is 0 Å². The molecule has 0 radical (unpaired) electrons. The SMILES string of the molecule is CCOc1ccc(CCC2CCN(C(=O)c3ccc(C(=O)OC)s3)CC2)cc1. The van der Waals surface area contributed by atoms with E-state index in [-0.39, 0.29) is 5.91 Å². The van der Waals surface area contributed by atoms with Crippen LogP contribution in [0.1, 0.15) is 51.1 Å². The molecule has 0 bridgehead atoms. The largest absolute Gasteiger partial charge is 0.494 e. The molecule has 150 valence electrons. The molecule has 2 aromatic rings. The highest BCUT2D eigenvalue weighted by atomic mass is 32.1. The molecule has 0 spiro atoms. The Morgan fingerprint density at radius 1 is 1.07 bits per heavy atom. The van der Waals surface area contributed by atoms with Crippen LogP contribution in [0.5, 0.6) is 5.75 Å². The van der Waals surface area contributed by atoms with Crippen LogP contribution < -0.4 is 4.74 Å². The van der Waals surface area contributed by atoms with Gasteiger partial charge in [-0.1, -0.05) is 12.1 Å². The van der Waals surface area contributed by atoms with E-state index in [1.165, 1.54) is 24.0 Å². The smallest absolute Gasteiger partial charge is 0.348 e. The zero-order valence-electron chi connectivity index (χ0n) is 16.5. The molecule has 1 amide bonds. The van der Waals surface area contributed by atoms with E-state index in [1.807, 2.05) is 24.0 Å². The number of hydrogen-bond donors (Lipinski definition) is 0. The van der Waals surface area contributed by atoms with Crippen LogP contribution in [0, 0.1) is 5.92 Å². The molecule has 0 N–H and O–H groups in total. The van der Waals surface area contributed by atoms with Crippen LogP contribution in [0.4, 0.5) is 0 Å². The highest BCUT2D eigenvalue weighted by Crippen LogP contribution is 2.26. The minimum absolute atomic E-state index is 0.0186. The zero-order valence-corrected chi connectivity index (χ0v) is 17.3. The van der Waals surface area contributed by atoms with Crippen molar-refractivity contribution in [3.05, 3.63) is 51.7 Å². The number of piperidine rings is 1. The lowest BCUT2D eigenvalue weighted by atomic mass is 9.90. The topological polar surface area (TPSA) is 55.8 Å². The number of carbonyl (C=O) groups excluding carboxylic acids is 2. The van der Waals surface area contributed by atoms with Gasteiger partial charge in [-0.15, -0.1) is 11.3 Å². The maximum absolute atomic E-state index is 12.7. The second-order valence-electron chi connectivity index (χ2n) is 7.01. The van der Waals surface area contributed by atoms with Crippen molar-refractivity contribution in [2.24, 2.45) is 5.92 Å². The number of benzene rings is 1. The maximum Gasteiger partial charge on any atom is 0.348 e. The molecular weight excluding hydrogens is 374 g/mol. The van der Waals surface area contributed by atoms with Crippen molar-refractivity contribution in [2.45, 2.75) is 32.6 Å². The Bertz CT molecular complexity index is 791. The van der Waals surface area contributed by atoms with Gasteiger partial charge >= 0.3 is 5.97 Å². The van der Waals surface area contributed by atoms with Gasteiger partial charge in [0.1, 0.15) is 10.6 Å². The summed E-state index contributed by atoms with van der Waals surface area (Å²) in [5.74, 6) is 1.19. The molecule has 0 unspecified atom stereocenters. The van der Waals surface area contributed by atoms with E-state index in [4.69, 9.17) is 9.47 Å². The zero-order chi connectivity index (χ0) is 19.9. The Hall–Kier alpha value is -2.34. The van der Waals surface area contributed by atoms with Gasteiger partial charge in [-0.05, 0) is 68.4 Å². The Morgan fingerprint density at radius 3 is 2.39 bits per heavy atom. The Labute approximate surface area is 170 Å². The molecule has 1 aliphatic heterocycles. The lowest BCUT2D eigenvalue weighted by molar-refractivity contribution is 0.0606. The maximum atomic E-state index is 12.7. The van der Waals surface area contributed by atoms with E-state index >= 15 is 0 Å². The molecule has 2 heterocycles. The van der Waals surface area contributed by atoms with Crippen molar-refractivity contribution in [2.75, 3.05) is 26.8 Å². The highest BCUT2D eigenvalue weighted by molar-refractivity contribution is 7.15. The number of hydrogen-bond acceptors (Lipinski definition) is 5. The summed E-state index contributed by atoms with van der Waals surface area (Å²) in [5.41, 5.74) is 1.33. The summed E-state index contributed by atoms with van der Waals surface area (Å²) in [6, 6.07) is 11.7. The van der Waals surface area contributed by atoms with Crippen molar-refractivity contribution in [1.82, 2.24) is 4.90 Å². The molecule has 1 aromatic heterocycles. The fourth-order valence-corrected chi connectivity index (χ4v) is 4.43. The third kappa shape index (κ3) is 5.13. The molecule has 3 rings (SSSR count). The first-order valence-electron chi connectivity index (χ1n) is 9.80. The van der Waals surface area contributed by atoms with Gasteiger partial charge in [0.15, 0.2) is 0 Å². The third-order valence-corrected chi connectivity index (χ3v) is 6.23. The van der Waals surface area contributed by atoms with Gasteiger partial charge in [0.25, 0.3) is 5.91 Å². The molecule has 1 fully saturated rings. The average molecular weight is 402 g/mol. The van der Waals surface area contributed by atoms with E-state index in [0.29, 0.717) is 22.3 Å². The standard InChI is InChI=1S/C22H27NO4S/c1-3-27-18-8-6-16(7-9-18)4-5-17-12-14-23(15-13-17)21(24)19-10-11-20(28-19)22(25)26-2/h6-11,17H,3-5,12-15H2,1-2H3. The number of aryl methyl sites for hydroxylation is 1. The summed E-state index contributed by atoms with van der Waals surface area (Å²) < 4.78 is 10.2. The van der Waals surface area contributed by atoms with Crippen molar-refractivity contribution in [3.63, 3.8) is 0 Å². The predicted molar refractivity (Wildman–Crippen MR) is 110 cm³/mol. The Kier molecular flexibility index (Phi) is 7.09. The molecule has 5 nitrogen and oxygen atoms in total. The van der Waals surface area contributed by atoms with E-state index in [2.05, 4.69) is 12.1 Å². The van der Waals surface area contributed by atoms with Crippen LogP contribution in [0.3, 0.4) is 0 Å². The minimum atomic E-state index is -0.392. The lowest BCUT2D eigenvalue weighted by Gasteiger charge is -2.31. The quantitative estimate of drug-likeness (QED) is 0.645. The number of carbonyl (C=O) groups is 2. The molecule has 28 heavy (non-hydrogen) atoms. The van der Waals surface area contributed by atoms with Gasteiger partial charge in [-0.3, -0.25) is 4.79 Å². The summed E-state index contributed by atoms with van der Waals surface area (Å²) in [6.07, 6.45) is 4.25. The molecular formula is C22H27NO4S. The van der Waals surface area contributed by atoms with E-state index in [1.54, 1.807) is 12.1 Å². The van der Waals surface area contributed by atoms with Crippen molar-refractivity contribution in [3.8, 4) is 5.75 Å². The highest BCUT2D eigenvalue weighted by Gasteiger charge is 2.25. The molecule has 0 aliphatic carbocycles. The van der Waals surface area contributed by atoms with Crippen LogP contribution in [-0.2, 0) is 11.2 Å². The monoisotopic (exact) mass is 401 g/mol. The van der Waals surface area contributed by atoms with E-state index < -0.39 is 5.97 Å². The molecule has 6 heteroatoms. The number of likely N-dealkylation sites (tertiary alicyclic amines) is 1. The number of methoxy groups -OCH3 is 1. The van der Waals surface area contributed by atoms with E-state index in [9.17, 15) is 9.59 Å². The van der Waals surface area contributed by atoms with Crippen LogP contribution in [0.25, 0.3) is 0 Å². The Morgan fingerprint density at radius 2 is 1.75 bits per heavy atom. The molecule has 1 aromatic carbocycles. The second kappa shape index (κ2) is 9.73. The minimum Gasteiger partial charge on any atom is -0.494 e. The van der Waals surface area contributed by atoms with Gasteiger partial charge < -0.3 is 14.4 Å². The number of nitrogens with zero attached hydrogens (tertiary/aromatic N) is 1. The number of rotatable bonds is 7. The van der Waals surface area contributed by atoms with Crippen molar-refractivity contribution < 1.29 is 19.1 Å². The average Bonchev–Trinajstić information content (AvgIpc) is 3.23. The molecule has 0 saturated carbocycles. The van der Waals surface area contributed by atoms with Gasteiger partial charge in [0.05, 0.1) is 18.6 Å². The first-order valence-corrected chi connectivity index (χ1v) is 10.6. The number of ether oxygens (including phenoxy) is 2. The number of thiophene rings is 1. The third-order valence-electron chi connectivity index (χ3n) is 5.18. The second-order valence-corrected chi connectivity index (χ2v) is 8.09. The summed E-state index contributed by atoms with van der Waals surface area (Å²) >= 11 is 1.20. The first kappa shape index (κ1) is 20.4. The molecule has 1 saturated heterocycles. The van der Waals surface area contributed by atoms with Gasteiger partial charge in [-0.25, -0.2) is 4.79 Å². The van der Waals surface area contributed by atoms with Gasteiger partial charge in [-0.2, -0.15) is 0 Å². The molecule has 1 aliphatic rings. The van der Waals surface area contributed by atoms with Gasteiger partial charge in [0, 0.05) is 13.1 Å². The first-order chi connectivity index (χ1) is 13.6. The summed E-state index contributed by atoms with van der Waals surface area (Å²) in [4.78, 5) is 27.2. The fourth-order valence-electron chi connectivity index (χ4n) is 3.53. The van der Waals surface area contributed by atoms with Crippen LogP contribution in [0.15, 0.2) is 36.4 Å². The summed E-state index contributed by atoms with van der Waals surface area (Å²) in [5, 5.41) is 0. The summed E-state index contributed by atoms with van der Waals surface area (Å²) in [6.45, 7) is 4.23. The van der Waals surface area contributed by atoms with Crippen LogP contribution >= 0.6 is 11.3 Å². The number of amides is 1. The van der Waals surface area contributed by atoms with Gasteiger partial charge in [0.2, 0.25) is 0 Å². The normalized spacial score (nSPS) is 14.7. The van der Waals surface area contributed by atoms with Crippen LogP contribution in [0.2, 0.25) is 0 Å². The Balaban J connectivity index is 1.45. The lowest BCUT2D eigenvalue weighted by Crippen LogP contribution is -2.38. The van der Waals surface area contributed by atoms with Crippen LogP contribution in [-0.4, -0.2) is 43.6 Å². The van der Waals surface area contributed by atoms with Crippen molar-refractivity contribution >= 4 is 23.2 Å². The summed E-state index contributed by atoms with van der Waals surface area (Å²) in [7, 11) is 1.35. The fraction of sp³-hybridized carbons (Fsp3) is 0.455. The number of esters is 1. The van der Waals surface area contributed by atoms with E-state index in [0.717, 1.165) is 44.5 Å². The molecule has 0 atom stereocenters. The predicted octanol–water partition coefficient (Wildman–Crippen LogP) is 4.42.